The zero-order valence-electron chi connectivity index (χ0n) is 18.9. The van der Waals surface area contributed by atoms with Crippen LogP contribution in [-0.2, 0) is 16.6 Å². The molecule has 4 rings (SSSR count). The van der Waals surface area contributed by atoms with Crippen molar-refractivity contribution in [3.05, 3.63) is 66.2 Å². The summed E-state index contributed by atoms with van der Waals surface area (Å²) in [5, 5.41) is 2.48. The summed E-state index contributed by atoms with van der Waals surface area (Å²) < 4.78 is 33.1. The number of nitrogens with one attached hydrogen (secondary N) is 2. The summed E-state index contributed by atoms with van der Waals surface area (Å²) in [6.07, 6.45) is 7.99. The molecule has 0 unspecified atom stereocenters. The van der Waals surface area contributed by atoms with Gasteiger partial charge >= 0.3 is 0 Å². The van der Waals surface area contributed by atoms with Gasteiger partial charge in [-0.2, -0.15) is 0 Å². The molecule has 0 aliphatic heterocycles. The van der Waals surface area contributed by atoms with Crippen LogP contribution in [0.15, 0.2) is 55.0 Å². The summed E-state index contributed by atoms with van der Waals surface area (Å²) in [5.41, 5.74) is 2.85. The Labute approximate surface area is 199 Å². The maximum atomic E-state index is 12.6. The molecule has 10 heteroatoms. The zero-order chi connectivity index (χ0) is 24.0. The average molecular weight is 482 g/mol. The number of nitrogens with zero attached hydrogens (tertiary/aromatic N) is 3. The second-order valence-electron chi connectivity index (χ2n) is 8.04. The molecule has 0 radical (unpaired) electrons. The van der Waals surface area contributed by atoms with Gasteiger partial charge in [0, 0.05) is 24.0 Å². The lowest BCUT2D eigenvalue weighted by Crippen LogP contribution is -2.26. The van der Waals surface area contributed by atoms with Crippen molar-refractivity contribution < 1.29 is 17.9 Å². The van der Waals surface area contributed by atoms with Crippen LogP contribution in [-0.4, -0.2) is 41.1 Å². The fraction of sp³-hybridized carbons (Fsp3) is 0.333. The highest BCUT2D eigenvalue weighted by Gasteiger charge is 2.28. The molecular weight excluding hydrogens is 454 g/mol. The number of benzene rings is 1. The molecule has 0 bridgehead atoms. The van der Waals surface area contributed by atoms with E-state index in [-0.39, 0.29) is 23.4 Å². The number of carbonyl (C=O) groups is 1. The largest absolute Gasteiger partial charge is 0.477 e. The molecule has 1 amide bonds. The molecule has 34 heavy (non-hydrogen) atoms. The van der Waals surface area contributed by atoms with Gasteiger partial charge < -0.3 is 10.1 Å². The number of amides is 1. The van der Waals surface area contributed by atoms with Gasteiger partial charge in [-0.1, -0.05) is 25.0 Å². The lowest BCUT2D eigenvalue weighted by atomic mass is 10.2. The molecular formula is C24H27N5O4S. The van der Waals surface area contributed by atoms with Crippen molar-refractivity contribution in [2.75, 3.05) is 11.3 Å². The number of carbonyl (C=O) groups excluding carboxylic acids is 1. The van der Waals surface area contributed by atoms with Gasteiger partial charge in [0.2, 0.25) is 15.9 Å². The van der Waals surface area contributed by atoms with Crippen LogP contribution in [0.3, 0.4) is 0 Å². The Morgan fingerprint density at radius 3 is 2.68 bits per heavy atom. The zero-order valence-corrected chi connectivity index (χ0v) is 19.7. The minimum absolute atomic E-state index is 0.239. The molecule has 1 aliphatic rings. The summed E-state index contributed by atoms with van der Waals surface area (Å²) in [6.45, 7) is 2.60. The summed E-state index contributed by atoms with van der Waals surface area (Å²) in [6, 6.07) is 10.4. The van der Waals surface area contributed by atoms with E-state index in [4.69, 9.17) is 4.74 Å². The standard InChI is InChI=1S/C24H27N5O4S/c1-2-33-23-16-25-15-22(28-23)18-10-11-21(26-14-18)24(30)27-13-17-6-5-7-19(12-17)29-34(31,32)20-8-3-4-9-20/h5-7,10-12,14-16,20,29H,2-4,8-9,13H2,1H3,(H,27,30). The van der Waals surface area contributed by atoms with Crippen LogP contribution < -0.4 is 14.8 Å². The first-order valence-corrected chi connectivity index (χ1v) is 12.8. The number of ether oxygens (including phenoxy) is 1. The van der Waals surface area contributed by atoms with Crippen LogP contribution in [0.4, 0.5) is 5.69 Å². The van der Waals surface area contributed by atoms with E-state index in [1.165, 1.54) is 6.20 Å². The lowest BCUT2D eigenvalue weighted by Gasteiger charge is -2.14. The predicted molar refractivity (Wildman–Crippen MR) is 129 cm³/mol. The van der Waals surface area contributed by atoms with Crippen LogP contribution in [0.5, 0.6) is 5.88 Å². The predicted octanol–water partition coefficient (Wildman–Crippen LogP) is 3.55. The van der Waals surface area contributed by atoms with Crippen molar-refractivity contribution in [3.8, 4) is 17.1 Å². The monoisotopic (exact) mass is 481 g/mol. The second kappa shape index (κ2) is 10.6. The number of anilines is 1. The van der Waals surface area contributed by atoms with Crippen LogP contribution in [0.25, 0.3) is 11.3 Å². The first-order valence-electron chi connectivity index (χ1n) is 11.2. The second-order valence-corrected chi connectivity index (χ2v) is 10.0. The molecule has 1 saturated carbocycles. The van der Waals surface area contributed by atoms with E-state index in [2.05, 4.69) is 25.0 Å². The smallest absolute Gasteiger partial charge is 0.270 e. The number of sulfonamides is 1. The molecule has 178 valence electrons. The number of aromatic nitrogens is 3. The van der Waals surface area contributed by atoms with Crippen LogP contribution >= 0.6 is 0 Å². The highest BCUT2D eigenvalue weighted by Crippen LogP contribution is 2.26. The first-order chi connectivity index (χ1) is 16.4. The third-order valence-electron chi connectivity index (χ3n) is 5.58. The number of pyridine rings is 1. The molecule has 2 heterocycles. The van der Waals surface area contributed by atoms with E-state index in [0.29, 0.717) is 42.3 Å². The van der Waals surface area contributed by atoms with Crippen molar-refractivity contribution in [2.45, 2.75) is 44.4 Å². The molecule has 2 aromatic heterocycles. The number of hydrogen-bond acceptors (Lipinski definition) is 7. The molecule has 0 saturated heterocycles. The van der Waals surface area contributed by atoms with Gasteiger partial charge in [0.05, 0.1) is 29.9 Å². The molecule has 3 aromatic rings. The van der Waals surface area contributed by atoms with Gasteiger partial charge in [-0.15, -0.1) is 0 Å². The molecule has 1 fully saturated rings. The molecule has 2 N–H and O–H groups in total. The van der Waals surface area contributed by atoms with Gasteiger partial charge in [0.15, 0.2) is 0 Å². The summed E-state index contributed by atoms with van der Waals surface area (Å²) in [5.74, 6) is 0.0900. The molecule has 1 aliphatic carbocycles. The van der Waals surface area contributed by atoms with Crippen molar-refractivity contribution >= 4 is 21.6 Å². The average Bonchev–Trinajstić information content (AvgIpc) is 3.39. The molecule has 0 spiro atoms. The fourth-order valence-electron chi connectivity index (χ4n) is 3.85. The normalized spacial score (nSPS) is 14.0. The summed E-state index contributed by atoms with van der Waals surface area (Å²) in [4.78, 5) is 25.3. The van der Waals surface area contributed by atoms with Crippen molar-refractivity contribution in [3.63, 3.8) is 0 Å². The van der Waals surface area contributed by atoms with E-state index in [1.807, 2.05) is 13.0 Å². The van der Waals surface area contributed by atoms with E-state index < -0.39 is 10.0 Å². The van der Waals surface area contributed by atoms with Gasteiger partial charge in [0.25, 0.3) is 5.91 Å². The SMILES string of the molecule is CCOc1cncc(-c2ccc(C(=O)NCc3cccc(NS(=O)(=O)C4CCCC4)c3)nc2)n1. The van der Waals surface area contributed by atoms with Gasteiger partial charge in [-0.05, 0) is 49.6 Å². The third-order valence-corrected chi connectivity index (χ3v) is 7.45. The quantitative estimate of drug-likeness (QED) is 0.479. The summed E-state index contributed by atoms with van der Waals surface area (Å²) in [7, 11) is -3.40. The van der Waals surface area contributed by atoms with Gasteiger partial charge in [0.1, 0.15) is 5.69 Å². The Kier molecular flexibility index (Phi) is 7.36. The van der Waals surface area contributed by atoms with Crippen molar-refractivity contribution in [2.24, 2.45) is 0 Å². The highest BCUT2D eigenvalue weighted by molar-refractivity contribution is 7.93. The first kappa shape index (κ1) is 23.6. The maximum absolute atomic E-state index is 12.6. The number of hydrogen-bond donors (Lipinski definition) is 2. The third kappa shape index (κ3) is 5.88. The minimum Gasteiger partial charge on any atom is -0.477 e. The minimum atomic E-state index is -3.40. The Bertz CT molecular complexity index is 1240. The Morgan fingerprint density at radius 2 is 1.94 bits per heavy atom. The lowest BCUT2D eigenvalue weighted by molar-refractivity contribution is 0.0946. The highest BCUT2D eigenvalue weighted by atomic mass is 32.2. The van der Waals surface area contributed by atoms with E-state index in [9.17, 15) is 13.2 Å². The number of rotatable bonds is 9. The van der Waals surface area contributed by atoms with E-state index >= 15 is 0 Å². The molecule has 1 aromatic carbocycles. The van der Waals surface area contributed by atoms with Crippen molar-refractivity contribution in [1.82, 2.24) is 20.3 Å². The topological polar surface area (TPSA) is 123 Å². The fourth-order valence-corrected chi connectivity index (χ4v) is 5.42. The summed E-state index contributed by atoms with van der Waals surface area (Å²) >= 11 is 0. The maximum Gasteiger partial charge on any atom is 0.270 e. The van der Waals surface area contributed by atoms with E-state index in [0.717, 1.165) is 18.4 Å². The van der Waals surface area contributed by atoms with Gasteiger partial charge in [-0.3, -0.25) is 19.5 Å². The van der Waals surface area contributed by atoms with Crippen molar-refractivity contribution in [1.29, 1.82) is 0 Å². The Hall–Kier alpha value is -3.53. The van der Waals surface area contributed by atoms with Gasteiger partial charge in [-0.25, -0.2) is 13.4 Å². The van der Waals surface area contributed by atoms with Crippen LogP contribution in [0.1, 0.15) is 48.7 Å². The van der Waals surface area contributed by atoms with Crippen LogP contribution in [0, 0.1) is 0 Å². The Morgan fingerprint density at radius 1 is 1.12 bits per heavy atom. The molecule has 0 atom stereocenters. The molecule has 9 nitrogen and oxygen atoms in total. The van der Waals surface area contributed by atoms with Crippen LogP contribution in [0.2, 0.25) is 0 Å². The Balaban J connectivity index is 1.36. The van der Waals surface area contributed by atoms with E-state index in [1.54, 1.807) is 42.7 Å².